The topological polar surface area (TPSA) is 111 Å². The van der Waals surface area contributed by atoms with Crippen molar-refractivity contribution in [2.75, 3.05) is 27.3 Å². The quantitative estimate of drug-likeness (QED) is 0.296. The van der Waals surface area contributed by atoms with Gasteiger partial charge in [-0.25, -0.2) is 13.2 Å². The number of carbonyl (C=O) groups excluding carboxylic acids is 2. The van der Waals surface area contributed by atoms with E-state index in [2.05, 4.69) is 5.32 Å². The number of amides is 1. The zero-order valence-corrected chi connectivity index (χ0v) is 22.1. The Kier molecular flexibility index (Phi) is 11.7. The highest BCUT2D eigenvalue weighted by molar-refractivity contribution is 7.89. The van der Waals surface area contributed by atoms with Gasteiger partial charge in [-0.05, 0) is 55.0 Å². The lowest BCUT2D eigenvalue weighted by Gasteiger charge is -2.30. The van der Waals surface area contributed by atoms with Crippen LogP contribution in [0.2, 0.25) is 0 Å². The number of hydrogen-bond acceptors (Lipinski definition) is 7. The number of carbonyl (C=O) groups is 2. The van der Waals surface area contributed by atoms with Crippen molar-refractivity contribution < 1.29 is 32.2 Å². The van der Waals surface area contributed by atoms with Crippen LogP contribution in [0.15, 0.2) is 59.5 Å². The summed E-state index contributed by atoms with van der Waals surface area (Å²) in [5.41, 5.74) is 0.886. The highest BCUT2D eigenvalue weighted by Gasteiger charge is 2.36. The molecular formula is C26H36N2O7S. The molecule has 0 fully saturated rings. The molecule has 0 spiro atoms. The van der Waals surface area contributed by atoms with E-state index in [1.807, 2.05) is 44.2 Å². The molecule has 0 saturated carbocycles. The van der Waals surface area contributed by atoms with Gasteiger partial charge >= 0.3 is 12.1 Å². The molecule has 0 aliphatic rings. The van der Waals surface area contributed by atoms with Crippen LogP contribution < -0.4 is 10.1 Å². The first-order valence-electron chi connectivity index (χ1n) is 11.9. The van der Waals surface area contributed by atoms with E-state index in [1.165, 1.54) is 30.7 Å². The molecule has 9 nitrogen and oxygen atoms in total. The summed E-state index contributed by atoms with van der Waals surface area (Å²) in [5.74, 6) is -0.113. The fraction of sp³-hybridized carbons (Fsp3) is 0.462. The van der Waals surface area contributed by atoms with Crippen LogP contribution >= 0.6 is 0 Å². The summed E-state index contributed by atoms with van der Waals surface area (Å²) in [4.78, 5) is 24.7. The summed E-state index contributed by atoms with van der Waals surface area (Å²) < 4.78 is 43.5. The first-order chi connectivity index (χ1) is 17.2. The van der Waals surface area contributed by atoms with Crippen molar-refractivity contribution in [1.82, 2.24) is 9.62 Å². The third kappa shape index (κ3) is 8.83. The molecule has 0 unspecified atom stereocenters. The molecule has 1 amide bonds. The summed E-state index contributed by atoms with van der Waals surface area (Å²) in [6.07, 6.45) is 0.736. The van der Waals surface area contributed by atoms with E-state index < -0.39 is 28.1 Å². The average molecular weight is 521 g/mol. The lowest BCUT2D eigenvalue weighted by atomic mass is 10.1. The second-order valence-electron chi connectivity index (χ2n) is 8.67. The zero-order chi connectivity index (χ0) is 26.6. The van der Waals surface area contributed by atoms with Gasteiger partial charge < -0.3 is 19.5 Å². The lowest BCUT2D eigenvalue weighted by Crippen LogP contribution is -2.47. The van der Waals surface area contributed by atoms with E-state index in [-0.39, 0.29) is 30.4 Å². The number of benzene rings is 2. The van der Waals surface area contributed by atoms with Gasteiger partial charge in [0.05, 0.1) is 19.1 Å². The lowest BCUT2D eigenvalue weighted by molar-refractivity contribution is -0.145. The average Bonchev–Trinajstić information content (AvgIpc) is 2.88. The van der Waals surface area contributed by atoms with Crippen LogP contribution in [0, 0.1) is 5.92 Å². The molecule has 0 aliphatic heterocycles. The molecule has 0 aromatic heterocycles. The van der Waals surface area contributed by atoms with Crippen LogP contribution in [0.4, 0.5) is 4.79 Å². The number of rotatable bonds is 14. The van der Waals surface area contributed by atoms with Gasteiger partial charge in [0.1, 0.15) is 18.4 Å². The minimum Gasteiger partial charge on any atom is -0.497 e. The van der Waals surface area contributed by atoms with Gasteiger partial charge in [0.15, 0.2) is 0 Å². The number of ether oxygens (including phenoxy) is 3. The van der Waals surface area contributed by atoms with Crippen LogP contribution in [-0.2, 0) is 30.9 Å². The van der Waals surface area contributed by atoms with Crippen LogP contribution in [0.5, 0.6) is 5.75 Å². The van der Waals surface area contributed by atoms with E-state index in [9.17, 15) is 18.0 Å². The van der Waals surface area contributed by atoms with E-state index in [0.717, 1.165) is 5.56 Å². The number of methoxy groups -OCH3 is 2. The maximum absolute atomic E-state index is 13.5. The van der Waals surface area contributed by atoms with Crippen LogP contribution in [0.3, 0.4) is 0 Å². The molecule has 0 radical (unpaired) electrons. The van der Waals surface area contributed by atoms with E-state index in [1.54, 1.807) is 12.1 Å². The molecule has 0 bridgehead atoms. The monoisotopic (exact) mass is 520 g/mol. The highest BCUT2D eigenvalue weighted by Crippen LogP contribution is 2.25. The minimum atomic E-state index is -3.98. The Bertz CT molecular complexity index is 1060. The molecule has 2 aromatic rings. The van der Waals surface area contributed by atoms with Crippen LogP contribution in [0.1, 0.15) is 38.7 Å². The number of nitrogens with one attached hydrogen (secondary N) is 1. The number of unbranched alkanes of at least 4 members (excludes halogenated alkanes) is 1. The number of alkyl carbamates (subject to hydrolysis) is 1. The standard InChI is InChI=1S/C26H36N2O7S/c1-20(2)18-28(36(31,32)23-15-13-22(33-3)14-16-23)24(25(29)34-4)12-8-9-17-27-26(30)35-19-21-10-6-5-7-11-21/h5-7,10-11,13-16,20,24H,8-9,12,17-19H2,1-4H3,(H,27,30)/t24-/m0/s1. The largest absolute Gasteiger partial charge is 0.497 e. The van der Waals surface area contributed by atoms with Crippen molar-refractivity contribution >= 4 is 22.1 Å². The Balaban J connectivity index is 2.00. The number of esters is 1. The summed E-state index contributed by atoms with van der Waals surface area (Å²) in [7, 11) is -1.24. The second kappa shape index (κ2) is 14.4. The smallest absolute Gasteiger partial charge is 0.407 e. The molecule has 2 aromatic carbocycles. The minimum absolute atomic E-state index is 0.0220. The van der Waals surface area contributed by atoms with Crippen molar-refractivity contribution in [1.29, 1.82) is 0 Å². The zero-order valence-electron chi connectivity index (χ0n) is 21.3. The SMILES string of the molecule is COC(=O)[C@H](CCCCNC(=O)OCc1ccccc1)N(CC(C)C)S(=O)(=O)c1ccc(OC)cc1. The maximum Gasteiger partial charge on any atom is 0.407 e. The van der Waals surface area contributed by atoms with Gasteiger partial charge in [-0.3, -0.25) is 4.79 Å². The number of nitrogens with zero attached hydrogens (tertiary/aromatic N) is 1. The van der Waals surface area contributed by atoms with Crippen molar-refractivity contribution in [2.45, 2.75) is 50.7 Å². The van der Waals surface area contributed by atoms with Gasteiger partial charge in [0.2, 0.25) is 10.0 Å². The van der Waals surface area contributed by atoms with E-state index >= 15 is 0 Å². The van der Waals surface area contributed by atoms with Gasteiger partial charge in [-0.15, -0.1) is 0 Å². The Labute approximate surface area is 213 Å². The van der Waals surface area contributed by atoms with Crippen molar-refractivity contribution in [2.24, 2.45) is 5.92 Å². The van der Waals surface area contributed by atoms with Crippen LogP contribution in [0.25, 0.3) is 0 Å². The van der Waals surface area contributed by atoms with Gasteiger partial charge in [-0.1, -0.05) is 44.2 Å². The number of hydrogen-bond donors (Lipinski definition) is 1. The predicted molar refractivity (Wildman–Crippen MR) is 136 cm³/mol. The Morgan fingerprint density at radius 1 is 0.972 bits per heavy atom. The molecule has 1 atom stereocenters. The summed E-state index contributed by atoms with van der Waals surface area (Å²) in [6, 6.07) is 14.4. The van der Waals surface area contributed by atoms with E-state index in [0.29, 0.717) is 25.1 Å². The maximum atomic E-state index is 13.5. The summed E-state index contributed by atoms with van der Waals surface area (Å²) in [5, 5.41) is 2.68. The molecule has 0 saturated heterocycles. The third-order valence-electron chi connectivity index (χ3n) is 5.42. The Morgan fingerprint density at radius 3 is 2.22 bits per heavy atom. The van der Waals surface area contributed by atoms with Gasteiger partial charge in [-0.2, -0.15) is 4.31 Å². The molecule has 2 rings (SSSR count). The van der Waals surface area contributed by atoms with Crippen LogP contribution in [-0.4, -0.2) is 58.1 Å². The third-order valence-corrected chi connectivity index (χ3v) is 7.31. The molecule has 0 heterocycles. The second-order valence-corrected chi connectivity index (χ2v) is 10.6. The first kappa shape index (κ1) is 29.1. The van der Waals surface area contributed by atoms with Crippen molar-refractivity contribution in [3.8, 4) is 5.75 Å². The molecule has 198 valence electrons. The molecule has 10 heteroatoms. The van der Waals surface area contributed by atoms with E-state index in [4.69, 9.17) is 14.2 Å². The highest BCUT2D eigenvalue weighted by atomic mass is 32.2. The summed E-state index contributed by atoms with van der Waals surface area (Å²) >= 11 is 0. The molecule has 36 heavy (non-hydrogen) atoms. The van der Waals surface area contributed by atoms with Gasteiger partial charge in [0.25, 0.3) is 0 Å². The van der Waals surface area contributed by atoms with Crippen molar-refractivity contribution in [3.63, 3.8) is 0 Å². The van der Waals surface area contributed by atoms with Crippen molar-refractivity contribution in [3.05, 3.63) is 60.2 Å². The molecule has 1 N–H and O–H groups in total. The van der Waals surface area contributed by atoms with Gasteiger partial charge in [0, 0.05) is 13.1 Å². The Morgan fingerprint density at radius 2 is 1.64 bits per heavy atom. The Hall–Kier alpha value is -3.11. The fourth-order valence-corrected chi connectivity index (χ4v) is 5.35. The summed E-state index contributed by atoms with van der Waals surface area (Å²) in [6.45, 7) is 4.42. The number of sulfonamides is 1. The molecule has 0 aliphatic carbocycles. The normalized spacial score (nSPS) is 12.3. The molecular weight excluding hydrogens is 484 g/mol. The first-order valence-corrected chi connectivity index (χ1v) is 13.3. The fourth-order valence-electron chi connectivity index (χ4n) is 3.58. The predicted octanol–water partition coefficient (Wildman–Crippen LogP) is 3.98.